The van der Waals surface area contributed by atoms with Gasteiger partial charge in [0.05, 0.1) is 6.10 Å². The normalized spacial score (nSPS) is 21.3. The van der Waals surface area contributed by atoms with Gasteiger partial charge in [-0.2, -0.15) is 0 Å². The number of hydrogen-bond acceptors (Lipinski definition) is 3. The van der Waals surface area contributed by atoms with Crippen molar-refractivity contribution in [3.8, 4) is 5.75 Å². The van der Waals surface area contributed by atoms with Crippen molar-refractivity contribution in [1.82, 2.24) is 4.90 Å². The number of piperidine rings is 1. The van der Waals surface area contributed by atoms with E-state index < -0.39 is 0 Å². The highest BCUT2D eigenvalue weighted by Crippen LogP contribution is 2.23. The van der Waals surface area contributed by atoms with Crippen LogP contribution in [-0.4, -0.2) is 36.7 Å². The lowest BCUT2D eigenvalue weighted by Gasteiger charge is -2.35. The van der Waals surface area contributed by atoms with E-state index in [1.54, 1.807) is 0 Å². The molecule has 3 heteroatoms. The first-order valence-corrected chi connectivity index (χ1v) is 8.34. The number of hydrogen-bond donors (Lipinski definition) is 1. The minimum Gasteiger partial charge on any atom is -0.491 e. The van der Waals surface area contributed by atoms with Gasteiger partial charge in [0, 0.05) is 18.3 Å². The molecule has 1 aliphatic rings. The summed E-state index contributed by atoms with van der Waals surface area (Å²) in [7, 11) is 0. The summed E-state index contributed by atoms with van der Waals surface area (Å²) in [5.41, 5.74) is 1.19. The molecule has 2 unspecified atom stereocenters. The molecule has 2 rings (SSSR count). The molecule has 0 spiro atoms. The minimum absolute atomic E-state index is 0.227. The quantitative estimate of drug-likeness (QED) is 0.857. The molecule has 118 valence electrons. The number of rotatable bonds is 6. The van der Waals surface area contributed by atoms with Crippen LogP contribution in [0, 0.1) is 5.92 Å². The second-order valence-corrected chi connectivity index (χ2v) is 6.42. The lowest BCUT2D eigenvalue weighted by atomic mass is 9.91. The van der Waals surface area contributed by atoms with Gasteiger partial charge >= 0.3 is 0 Å². The smallest absolute Gasteiger partial charge is 0.119 e. The van der Waals surface area contributed by atoms with Gasteiger partial charge in [-0.15, -0.1) is 0 Å². The highest BCUT2D eigenvalue weighted by molar-refractivity contribution is 5.47. The molecule has 0 amide bonds. The fraction of sp³-hybridized carbons (Fsp3) is 0.667. The van der Waals surface area contributed by atoms with Crippen molar-refractivity contribution in [3.05, 3.63) is 24.3 Å². The number of likely N-dealkylation sites (tertiary alicyclic amines) is 1. The van der Waals surface area contributed by atoms with Crippen LogP contribution in [0.1, 0.15) is 40.5 Å². The van der Waals surface area contributed by atoms with Gasteiger partial charge in [-0.1, -0.05) is 6.92 Å². The third-order valence-corrected chi connectivity index (χ3v) is 4.32. The van der Waals surface area contributed by atoms with Crippen LogP contribution in [0.15, 0.2) is 24.3 Å². The largest absolute Gasteiger partial charge is 0.491 e. The van der Waals surface area contributed by atoms with Gasteiger partial charge in [0.25, 0.3) is 0 Å². The number of nitrogens with one attached hydrogen (secondary N) is 1. The van der Waals surface area contributed by atoms with Gasteiger partial charge in [0.15, 0.2) is 0 Å². The average molecular weight is 290 g/mol. The van der Waals surface area contributed by atoms with Gasteiger partial charge in [0.1, 0.15) is 5.75 Å². The van der Waals surface area contributed by atoms with Crippen LogP contribution in [0.2, 0.25) is 0 Å². The summed E-state index contributed by atoms with van der Waals surface area (Å²) in [6, 6.07) is 8.85. The molecule has 0 radical (unpaired) electrons. The van der Waals surface area contributed by atoms with Crippen LogP contribution in [0.25, 0.3) is 0 Å². The molecule has 2 atom stereocenters. The van der Waals surface area contributed by atoms with Gasteiger partial charge in [-0.3, -0.25) is 0 Å². The molecule has 0 saturated carbocycles. The predicted molar refractivity (Wildman–Crippen MR) is 90.1 cm³/mol. The molecule has 0 bridgehead atoms. The van der Waals surface area contributed by atoms with Crippen molar-refractivity contribution in [2.24, 2.45) is 5.92 Å². The molecule has 1 aromatic carbocycles. The van der Waals surface area contributed by atoms with E-state index in [2.05, 4.69) is 50.0 Å². The first kappa shape index (κ1) is 16.2. The maximum absolute atomic E-state index is 5.68. The first-order valence-electron chi connectivity index (χ1n) is 8.34. The first-order chi connectivity index (χ1) is 10.1. The summed E-state index contributed by atoms with van der Waals surface area (Å²) < 4.78 is 5.68. The summed E-state index contributed by atoms with van der Waals surface area (Å²) >= 11 is 0. The Hall–Kier alpha value is -1.22. The molecule has 1 fully saturated rings. The zero-order chi connectivity index (χ0) is 15.2. The van der Waals surface area contributed by atoms with Gasteiger partial charge < -0.3 is 15.0 Å². The van der Waals surface area contributed by atoms with E-state index in [1.165, 1.54) is 38.2 Å². The van der Waals surface area contributed by atoms with Crippen molar-refractivity contribution in [1.29, 1.82) is 0 Å². The average Bonchev–Trinajstić information content (AvgIpc) is 2.49. The minimum atomic E-state index is 0.227. The molecule has 1 aliphatic heterocycles. The van der Waals surface area contributed by atoms with Gasteiger partial charge in [0.2, 0.25) is 0 Å². The predicted octanol–water partition coefficient (Wildman–Crippen LogP) is 4.01. The molecule has 1 heterocycles. The fourth-order valence-corrected chi connectivity index (χ4v) is 3.07. The fourth-order valence-electron chi connectivity index (χ4n) is 3.07. The van der Waals surface area contributed by atoms with E-state index in [-0.39, 0.29) is 6.10 Å². The van der Waals surface area contributed by atoms with E-state index >= 15 is 0 Å². The van der Waals surface area contributed by atoms with Crippen LogP contribution < -0.4 is 10.1 Å². The molecule has 0 aromatic heterocycles. The number of ether oxygens (including phenoxy) is 1. The maximum Gasteiger partial charge on any atom is 0.119 e. The van der Waals surface area contributed by atoms with Gasteiger partial charge in [-0.25, -0.2) is 0 Å². The Morgan fingerprint density at radius 3 is 2.57 bits per heavy atom. The molecule has 3 nitrogen and oxygen atoms in total. The van der Waals surface area contributed by atoms with Crippen molar-refractivity contribution in [2.45, 2.75) is 52.7 Å². The maximum atomic E-state index is 5.68. The molecule has 1 saturated heterocycles. The van der Waals surface area contributed by atoms with E-state index in [0.717, 1.165) is 11.7 Å². The topological polar surface area (TPSA) is 24.5 Å². The Kier molecular flexibility index (Phi) is 5.92. The Balaban J connectivity index is 1.88. The SMILES string of the molecule is CCN1CCCC(C(C)Nc2ccc(OC(C)C)cc2)C1. The zero-order valence-electron chi connectivity index (χ0n) is 13.9. The van der Waals surface area contributed by atoms with Crippen molar-refractivity contribution < 1.29 is 4.74 Å². The van der Waals surface area contributed by atoms with Crippen LogP contribution in [0.4, 0.5) is 5.69 Å². The summed E-state index contributed by atoms with van der Waals surface area (Å²) in [6.07, 6.45) is 2.88. The van der Waals surface area contributed by atoms with Gasteiger partial charge in [-0.05, 0) is 76.9 Å². The summed E-state index contributed by atoms with van der Waals surface area (Å²) in [4.78, 5) is 2.56. The van der Waals surface area contributed by atoms with Crippen LogP contribution >= 0.6 is 0 Å². The van der Waals surface area contributed by atoms with Crippen LogP contribution in [0.3, 0.4) is 0 Å². The molecule has 1 N–H and O–H groups in total. The molecular formula is C18H30N2O. The molecule has 21 heavy (non-hydrogen) atoms. The van der Waals surface area contributed by atoms with E-state index in [4.69, 9.17) is 4.74 Å². The molecule has 0 aliphatic carbocycles. The third-order valence-electron chi connectivity index (χ3n) is 4.32. The Bertz CT molecular complexity index is 416. The number of nitrogens with zero attached hydrogens (tertiary/aromatic N) is 1. The Labute approximate surface area is 129 Å². The molecule has 1 aromatic rings. The summed E-state index contributed by atoms with van der Waals surface area (Å²) in [5, 5.41) is 3.65. The zero-order valence-corrected chi connectivity index (χ0v) is 13.9. The third kappa shape index (κ3) is 4.92. The lowest BCUT2D eigenvalue weighted by molar-refractivity contribution is 0.172. The number of benzene rings is 1. The second kappa shape index (κ2) is 7.69. The van der Waals surface area contributed by atoms with Crippen molar-refractivity contribution in [3.63, 3.8) is 0 Å². The molecular weight excluding hydrogens is 260 g/mol. The van der Waals surface area contributed by atoms with Crippen molar-refractivity contribution >= 4 is 5.69 Å². The van der Waals surface area contributed by atoms with Crippen molar-refractivity contribution in [2.75, 3.05) is 25.0 Å². The highest BCUT2D eigenvalue weighted by atomic mass is 16.5. The Morgan fingerprint density at radius 1 is 1.24 bits per heavy atom. The second-order valence-electron chi connectivity index (χ2n) is 6.42. The van der Waals surface area contributed by atoms with E-state index in [9.17, 15) is 0 Å². The monoisotopic (exact) mass is 290 g/mol. The van der Waals surface area contributed by atoms with Crippen LogP contribution in [0.5, 0.6) is 5.75 Å². The summed E-state index contributed by atoms with van der Waals surface area (Å²) in [6.45, 7) is 12.3. The highest BCUT2D eigenvalue weighted by Gasteiger charge is 2.23. The van der Waals surface area contributed by atoms with Crippen LogP contribution in [-0.2, 0) is 0 Å². The number of anilines is 1. The Morgan fingerprint density at radius 2 is 1.95 bits per heavy atom. The lowest BCUT2D eigenvalue weighted by Crippen LogP contribution is -2.41. The standard InChI is InChI=1S/C18H30N2O/c1-5-20-12-6-7-16(13-20)15(4)19-17-8-10-18(11-9-17)21-14(2)3/h8-11,14-16,19H,5-7,12-13H2,1-4H3. The van der Waals surface area contributed by atoms with E-state index in [0.29, 0.717) is 6.04 Å². The van der Waals surface area contributed by atoms with E-state index in [1.807, 2.05) is 12.1 Å². The summed E-state index contributed by atoms with van der Waals surface area (Å²) in [5.74, 6) is 1.68.